The van der Waals surface area contributed by atoms with Crippen LogP contribution in [0, 0.1) is 11.3 Å². The monoisotopic (exact) mass is 244 g/mol. The molecule has 0 N–H and O–H groups in total. The van der Waals surface area contributed by atoms with E-state index in [1.165, 1.54) is 0 Å². The summed E-state index contributed by atoms with van der Waals surface area (Å²) in [5, 5.41) is 9.27. The van der Waals surface area contributed by atoms with Gasteiger partial charge in [0.25, 0.3) is 0 Å². The number of aromatic nitrogens is 1. The molecule has 1 aromatic heterocycles. The number of nitriles is 1. The molecule has 3 nitrogen and oxygen atoms in total. The highest BCUT2D eigenvalue weighted by Crippen LogP contribution is 2.19. The van der Waals surface area contributed by atoms with E-state index in [0.29, 0.717) is 22.8 Å². The predicted octanol–water partition coefficient (Wildman–Crippen LogP) is 2.87. The summed E-state index contributed by atoms with van der Waals surface area (Å²) in [5.74, 6) is 0. The molecule has 0 unspecified atom stereocenters. The van der Waals surface area contributed by atoms with E-state index in [4.69, 9.17) is 16.9 Å². The van der Waals surface area contributed by atoms with Gasteiger partial charge < -0.3 is 4.57 Å². The quantitative estimate of drug-likeness (QED) is 0.780. The first-order chi connectivity index (χ1) is 8.24. The van der Waals surface area contributed by atoms with Gasteiger partial charge in [0.15, 0.2) is 6.29 Å². The molecule has 0 spiro atoms. The van der Waals surface area contributed by atoms with Crippen molar-refractivity contribution in [1.82, 2.24) is 4.57 Å². The second-order valence-electron chi connectivity index (χ2n) is 3.60. The van der Waals surface area contributed by atoms with Gasteiger partial charge in [-0.05, 0) is 29.8 Å². The first-order valence-corrected chi connectivity index (χ1v) is 5.41. The summed E-state index contributed by atoms with van der Waals surface area (Å²) in [6, 6.07) is 10.7. The van der Waals surface area contributed by atoms with Crippen LogP contribution in [-0.2, 0) is 6.54 Å². The summed E-state index contributed by atoms with van der Waals surface area (Å²) in [7, 11) is 0. The summed E-state index contributed by atoms with van der Waals surface area (Å²) in [5.41, 5.74) is 2.01. The summed E-state index contributed by atoms with van der Waals surface area (Å²) in [6.07, 6.45) is 2.62. The molecular formula is C13H9ClN2O. The van der Waals surface area contributed by atoms with Crippen molar-refractivity contribution in [1.29, 1.82) is 5.26 Å². The van der Waals surface area contributed by atoms with Gasteiger partial charge in [0, 0.05) is 17.8 Å². The molecule has 1 heterocycles. The Kier molecular flexibility index (Phi) is 3.27. The zero-order valence-corrected chi connectivity index (χ0v) is 9.69. The average molecular weight is 245 g/mol. The van der Waals surface area contributed by atoms with Gasteiger partial charge in [0.1, 0.15) is 0 Å². The van der Waals surface area contributed by atoms with Crippen molar-refractivity contribution in [2.45, 2.75) is 6.54 Å². The molecule has 0 amide bonds. The van der Waals surface area contributed by atoms with E-state index in [2.05, 4.69) is 0 Å². The van der Waals surface area contributed by atoms with Gasteiger partial charge in [-0.15, -0.1) is 0 Å². The highest BCUT2D eigenvalue weighted by atomic mass is 35.5. The Morgan fingerprint density at radius 3 is 2.88 bits per heavy atom. The molecule has 0 saturated carbocycles. The topological polar surface area (TPSA) is 45.8 Å². The standard InChI is InChI=1S/C13H9ClN2O/c14-13-6-10(7-15)3-4-11(13)8-16-5-1-2-12(16)9-17/h1-6,9H,8H2. The van der Waals surface area contributed by atoms with Gasteiger partial charge in [-0.3, -0.25) is 4.79 Å². The molecule has 0 aliphatic heterocycles. The van der Waals surface area contributed by atoms with Gasteiger partial charge in [0.2, 0.25) is 0 Å². The van der Waals surface area contributed by atoms with Crippen molar-refractivity contribution in [2.24, 2.45) is 0 Å². The van der Waals surface area contributed by atoms with Crippen molar-refractivity contribution in [3.05, 3.63) is 58.4 Å². The minimum Gasteiger partial charge on any atom is -0.341 e. The minimum absolute atomic E-state index is 0.519. The van der Waals surface area contributed by atoms with Crippen LogP contribution in [0.3, 0.4) is 0 Å². The van der Waals surface area contributed by atoms with Crippen LogP contribution in [-0.4, -0.2) is 10.9 Å². The van der Waals surface area contributed by atoms with Gasteiger partial charge in [-0.2, -0.15) is 5.26 Å². The van der Waals surface area contributed by atoms with Crippen molar-refractivity contribution >= 4 is 17.9 Å². The Morgan fingerprint density at radius 1 is 1.41 bits per heavy atom. The first-order valence-electron chi connectivity index (χ1n) is 5.03. The Balaban J connectivity index is 2.31. The zero-order valence-electron chi connectivity index (χ0n) is 8.93. The van der Waals surface area contributed by atoms with Crippen LogP contribution in [0.25, 0.3) is 0 Å². The lowest BCUT2D eigenvalue weighted by molar-refractivity contribution is 0.111. The number of hydrogen-bond donors (Lipinski definition) is 0. The summed E-state index contributed by atoms with van der Waals surface area (Å²) >= 11 is 6.07. The summed E-state index contributed by atoms with van der Waals surface area (Å²) in [4.78, 5) is 10.8. The van der Waals surface area contributed by atoms with Crippen LogP contribution in [0.4, 0.5) is 0 Å². The van der Waals surface area contributed by atoms with Gasteiger partial charge in [-0.25, -0.2) is 0 Å². The third-order valence-corrected chi connectivity index (χ3v) is 2.86. The van der Waals surface area contributed by atoms with E-state index in [-0.39, 0.29) is 0 Å². The van der Waals surface area contributed by atoms with E-state index in [0.717, 1.165) is 11.8 Å². The Bertz CT molecular complexity index is 596. The first kappa shape index (κ1) is 11.4. The minimum atomic E-state index is 0.519. The third-order valence-electron chi connectivity index (χ3n) is 2.51. The van der Waals surface area contributed by atoms with Crippen LogP contribution in [0.2, 0.25) is 5.02 Å². The van der Waals surface area contributed by atoms with E-state index in [1.807, 2.05) is 12.3 Å². The van der Waals surface area contributed by atoms with Crippen LogP contribution in [0.5, 0.6) is 0 Å². The molecule has 0 radical (unpaired) electrons. The lowest BCUT2D eigenvalue weighted by Gasteiger charge is -2.07. The van der Waals surface area contributed by atoms with Crippen molar-refractivity contribution in [3.63, 3.8) is 0 Å². The highest BCUT2D eigenvalue weighted by molar-refractivity contribution is 6.31. The summed E-state index contributed by atoms with van der Waals surface area (Å²) in [6.45, 7) is 0.519. The lowest BCUT2D eigenvalue weighted by Crippen LogP contribution is -2.02. The molecule has 0 saturated heterocycles. The second-order valence-corrected chi connectivity index (χ2v) is 4.00. The van der Waals surface area contributed by atoms with Crippen LogP contribution in [0.1, 0.15) is 21.6 Å². The molecule has 17 heavy (non-hydrogen) atoms. The van der Waals surface area contributed by atoms with Crippen LogP contribution >= 0.6 is 11.6 Å². The Labute approximate surface area is 104 Å². The molecule has 2 rings (SSSR count). The lowest BCUT2D eigenvalue weighted by atomic mass is 10.1. The Hall–Kier alpha value is -2.05. The van der Waals surface area contributed by atoms with Crippen molar-refractivity contribution < 1.29 is 4.79 Å². The summed E-state index contributed by atoms with van der Waals surface area (Å²) < 4.78 is 1.81. The van der Waals surface area contributed by atoms with Crippen LogP contribution < -0.4 is 0 Å². The maximum Gasteiger partial charge on any atom is 0.166 e. The fraction of sp³-hybridized carbons (Fsp3) is 0.0769. The van der Waals surface area contributed by atoms with Gasteiger partial charge in [-0.1, -0.05) is 17.7 Å². The van der Waals surface area contributed by atoms with E-state index < -0.39 is 0 Å². The number of carbonyl (C=O) groups excluding carboxylic acids is 1. The normalized spacial score (nSPS) is 9.88. The maximum atomic E-state index is 10.8. The van der Waals surface area contributed by atoms with Crippen molar-refractivity contribution in [3.8, 4) is 6.07 Å². The molecule has 0 aliphatic rings. The maximum absolute atomic E-state index is 10.8. The number of halogens is 1. The number of carbonyl (C=O) groups is 1. The zero-order chi connectivity index (χ0) is 12.3. The number of hydrogen-bond acceptors (Lipinski definition) is 2. The van der Waals surface area contributed by atoms with Crippen molar-refractivity contribution in [2.75, 3.05) is 0 Å². The number of rotatable bonds is 3. The second kappa shape index (κ2) is 4.86. The van der Waals surface area contributed by atoms with E-state index in [9.17, 15) is 4.79 Å². The number of benzene rings is 1. The average Bonchev–Trinajstić information content (AvgIpc) is 2.79. The number of nitrogens with zero attached hydrogens (tertiary/aromatic N) is 2. The van der Waals surface area contributed by atoms with Crippen LogP contribution in [0.15, 0.2) is 36.5 Å². The molecule has 1 aromatic carbocycles. The number of aldehydes is 1. The van der Waals surface area contributed by atoms with Gasteiger partial charge >= 0.3 is 0 Å². The van der Waals surface area contributed by atoms with E-state index >= 15 is 0 Å². The smallest absolute Gasteiger partial charge is 0.166 e. The third kappa shape index (κ3) is 2.38. The molecule has 0 fully saturated rings. The highest BCUT2D eigenvalue weighted by Gasteiger charge is 2.05. The molecular weight excluding hydrogens is 236 g/mol. The molecule has 4 heteroatoms. The molecule has 0 bridgehead atoms. The van der Waals surface area contributed by atoms with E-state index in [1.54, 1.807) is 34.9 Å². The largest absolute Gasteiger partial charge is 0.341 e. The Morgan fingerprint density at radius 2 is 2.24 bits per heavy atom. The molecule has 0 aliphatic carbocycles. The molecule has 2 aromatic rings. The van der Waals surface area contributed by atoms with Gasteiger partial charge in [0.05, 0.1) is 17.3 Å². The fourth-order valence-electron chi connectivity index (χ4n) is 1.61. The molecule has 0 atom stereocenters. The SMILES string of the molecule is N#Cc1ccc(Cn2cccc2C=O)c(Cl)c1. The predicted molar refractivity (Wildman–Crippen MR) is 65.1 cm³/mol. The fourth-order valence-corrected chi connectivity index (χ4v) is 1.85. The molecule has 84 valence electrons.